The quantitative estimate of drug-likeness (QED) is 0.773. The Morgan fingerprint density at radius 2 is 1.83 bits per heavy atom. The molecule has 0 saturated heterocycles. The van der Waals surface area contributed by atoms with E-state index in [-0.39, 0.29) is 16.5 Å². The summed E-state index contributed by atoms with van der Waals surface area (Å²) in [6.45, 7) is 4.53. The van der Waals surface area contributed by atoms with Crippen molar-refractivity contribution in [3.05, 3.63) is 29.0 Å². The van der Waals surface area contributed by atoms with E-state index < -0.39 is 31.1 Å². The highest BCUT2D eigenvalue weighted by molar-refractivity contribution is 7.93. The molecule has 0 amide bonds. The third kappa shape index (κ3) is 4.19. The van der Waals surface area contributed by atoms with E-state index in [4.69, 9.17) is 0 Å². The molecule has 1 aromatic heterocycles. The topological polar surface area (TPSA) is 118 Å². The number of nitrogens with zero attached hydrogens (tertiary/aromatic N) is 2. The second kappa shape index (κ2) is 6.61. The van der Waals surface area contributed by atoms with Crippen molar-refractivity contribution >= 4 is 43.2 Å². The fraction of sp³-hybridized carbons (Fsp3) is 0.333. The maximum Gasteiger partial charge on any atom is 0.264 e. The molecule has 2 rings (SSSR count). The van der Waals surface area contributed by atoms with Gasteiger partial charge in [-0.25, -0.2) is 30.9 Å². The summed E-state index contributed by atoms with van der Waals surface area (Å²) >= 11 is 1.02. The van der Waals surface area contributed by atoms with Gasteiger partial charge in [-0.05, 0) is 50.5 Å². The summed E-state index contributed by atoms with van der Waals surface area (Å²) in [6.07, 6.45) is 0. The summed E-state index contributed by atoms with van der Waals surface area (Å²) in [5, 5.41) is -0.196. The van der Waals surface area contributed by atoms with E-state index in [2.05, 4.69) is 18.8 Å². The van der Waals surface area contributed by atoms with Crippen molar-refractivity contribution < 1.29 is 21.2 Å². The first-order valence-corrected chi connectivity index (χ1v) is 10.5. The molecule has 132 valence electrons. The van der Waals surface area contributed by atoms with Crippen molar-refractivity contribution in [2.75, 3.05) is 9.44 Å². The molecule has 12 heteroatoms. The molecule has 1 heterocycles. The number of benzene rings is 1. The SMILES string of the molecule is Cc1nc(NS(=O)(=O)c2ccc(NS(=O)(=O)C(C)C)c(F)c2)ns1. The van der Waals surface area contributed by atoms with Crippen molar-refractivity contribution in [2.24, 2.45) is 0 Å². The van der Waals surface area contributed by atoms with Gasteiger partial charge in [0.1, 0.15) is 10.8 Å². The van der Waals surface area contributed by atoms with Crippen LogP contribution < -0.4 is 9.44 Å². The number of anilines is 2. The van der Waals surface area contributed by atoms with Crippen LogP contribution in [-0.4, -0.2) is 31.4 Å². The fourth-order valence-electron chi connectivity index (χ4n) is 1.54. The molecule has 0 fully saturated rings. The Bertz CT molecular complexity index is 954. The molecule has 0 radical (unpaired) electrons. The molecule has 0 aliphatic carbocycles. The predicted molar refractivity (Wildman–Crippen MR) is 89.5 cm³/mol. The molecule has 0 atom stereocenters. The number of hydrogen-bond donors (Lipinski definition) is 2. The van der Waals surface area contributed by atoms with E-state index in [1.54, 1.807) is 6.92 Å². The van der Waals surface area contributed by atoms with Gasteiger partial charge in [-0.1, -0.05) is 0 Å². The Morgan fingerprint density at radius 1 is 1.17 bits per heavy atom. The van der Waals surface area contributed by atoms with Crippen molar-refractivity contribution in [3.8, 4) is 0 Å². The summed E-state index contributed by atoms with van der Waals surface area (Å²) in [7, 11) is -7.83. The highest BCUT2D eigenvalue weighted by atomic mass is 32.2. The van der Waals surface area contributed by atoms with Gasteiger partial charge >= 0.3 is 0 Å². The molecule has 0 spiro atoms. The van der Waals surface area contributed by atoms with Crippen LogP contribution in [0.1, 0.15) is 18.9 Å². The van der Waals surface area contributed by atoms with Crippen LogP contribution in [-0.2, 0) is 20.0 Å². The summed E-state index contributed by atoms with van der Waals surface area (Å²) in [5.74, 6) is -1.12. The maximum atomic E-state index is 14.1. The van der Waals surface area contributed by atoms with Gasteiger partial charge < -0.3 is 0 Å². The second-order valence-corrected chi connectivity index (χ2v) is 9.96. The van der Waals surface area contributed by atoms with Gasteiger partial charge in [0.2, 0.25) is 16.0 Å². The van der Waals surface area contributed by atoms with Crippen LogP contribution in [0.3, 0.4) is 0 Å². The Kier molecular flexibility index (Phi) is 5.11. The van der Waals surface area contributed by atoms with Crippen LogP contribution in [0.25, 0.3) is 0 Å². The van der Waals surface area contributed by atoms with Crippen LogP contribution in [0.4, 0.5) is 16.0 Å². The van der Waals surface area contributed by atoms with E-state index in [1.165, 1.54) is 13.8 Å². The van der Waals surface area contributed by atoms with Gasteiger partial charge in [0.25, 0.3) is 10.0 Å². The van der Waals surface area contributed by atoms with Crippen molar-refractivity contribution in [1.29, 1.82) is 0 Å². The molecule has 0 saturated carbocycles. The van der Waals surface area contributed by atoms with Crippen LogP contribution in [0.15, 0.2) is 23.1 Å². The fourth-order valence-corrected chi connectivity index (χ4v) is 3.69. The molecule has 2 N–H and O–H groups in total. The zero-order chi connectivity index (χ0) is 18.1. The molecule has 0 bridgehead atoms. The van der Waals surface area contributed by atoms with E-state index in [0.717, 1.165) is 29.7 Å². The monoisotopic (exact) mass is 394 g/mol. The average Bonchev–Trinajstić information content (AvgIpc) is 2.85. The lowest BCUT2D eigenvalue weighted by atomic mass is 10.3. The van der Waals surface area contributed by atoms with Gasteiger partial charge in [0.15, 0.2) is 0 Å². The first-order chi connectivity index (χ1) is 11.0. The van der Waals surface area contributed by atoms with Crippen molar-refractivity contribution in [2.45, 2.75) is 30.9 Å². The number of aryl methyl sites for hydroxylation is 1. The molecule has 8 nitrogen and oxygen atoms in total. The largest absolute Gasteiger partial charge is 0.280 e. The molecular weight excluding hydrogens is 379 g/mol. The number of hydrogen-bond acceptors (Lipinski definition) is 7. The van der Waals surface area contributed by atoms with Crippen LogP contribution >= 0.6 is 11.5 Å². The lowest BCUT2D eigenvalue weighted by Gasteiger charge is -2.12. The number of aromatic nitrogens is 2. The lowest BCUT2D eigenvalue weighted by Crippen LogP contribution is -2.23. The number of nitrogens with one attached hydrogen (secondary N) is 2. The lowest BCUT2D eigenvalue weighted by molar-refractivity contribution is 0.590. The number of sulfonamides is 2. The van der Waals surface area contributed by atoms with E-state index in [1.807, 2.05) is 0 Å². The first-order valence-electron chi connectivity index (χ1n) is 6.65. The normalized spacial score (nSPS) is 12.4. The Balaban J connectivity index is 2.28. The van der Waals surface area contributed by atoms with Gasteiger partial charge in [0.05, 0.1) is 15.8 Å². The van der Waals surface area contributed by atoms with E-state index >= 15 is 0 Å². The Hall–Kier alpha value is -1.79. The van der Waals surface area contributed by atoms with Gasteiger partial charge in [0, 0.05) is 0 Å². The summed E-state index contributed by atoms with van der Waals surface area (Å²) < 4.78 is 69.9. The zero-order valence-corrected chi connectivity index (χ0v) is 15.4. The minimum atomic E-state index is -4.08. The molecule has 0 aliphatic heterocycles. The maximum absolute atomic E-state index is 14.1. The number of halogens is 1. The van der Waals surface area contributed by atoms with Gasteiger partial charge in [-0.15, -0.1) is 0 Å². The number of rotatable bonds is 6. The smallest absolute Gasteiger partial charge is 0.264 e. The van der Waals surface area contributed by atoms with Gasteiger partial charge in [-0.2, -0.15) is 4.37 Å². The first kappa shape index (κ1) is 18.5. The highest BCUT2D eigenvalue weighted by Crippen LogP contribution is 2.22. The van der Waals surface area contributed by atoms with Crippen molar-refractivity contribution in [1.82, 2.24) is 9.36 Å². The second-order valence-electron chi connectivity index (χ2n) is 5.08. The third-order valence-electron chi connectivity index (χ3n) is 2.88. The van der Waals surface area contributed by atoms with E-state index in [9.17, 15) is 21.2 Å². The van der Waals surface area contributed by atoms with Gasteiger partial charge in [-0.3, -0.25) is 4.72 Å². The molecule has 1 aromatic carbocycles. The molecular formula is C12H15FN4O4S3. The summed E-state index contributed by atoms with van der Waals surface area (Å²) in [5.41, 5.74) is -0.328. The summed E-state index contributed by atoms with van der Waals surface area (Å²) in [4.78, 5) is 3.49. The summed E-state index contributed by atoms with van der Waals surface area (Å²) in [6, 6.07) is 2.85. The van der Waals surface area contributed by atoms with Crippen LogP contribution in [0.5, 0.6) is 0 Å². The zero-order valence-electron chi connectivity index (χ0n) is 12.9. The molecule has 0 unspecified atom stereocenters. The van der Waals surface area contributed by atoms with Crippen molar-refractivity contribution in [3.63, 3.8) is 0 Å². The molecule has 24 heavy (non-hydrogen) atoms. The van der Waals surface area contributed by atoms with Crippen LogP contribution in [0.2, 0.25) is 0 Å². The predicted octanol–water partition coefficient (Wildman–Crippen LogP) is 1.94. The Morgan fingerprint density at radius 3 is 2.33 bits per heavy atom. The molecule has 0 aliphatic rings. The van der Waals surface area contributed by atoms with E-state index in [0.29, 0.717) is 5.01 Å². The average molecular weight is 394 g/mol. The Labute approximate surface area is 143 Å². The standard InChI is InChI=1S/C12H15FN4O4S3/c1-7(2)23(18,19)16-11-5-4-9(6-10(11)13)24(20,21)17-12-14-8(3)22-15-12/h4-7,16H,1-3H3,(H,15,17). The van der Waals surface area contributed by atoms with Crippen LogP contribution in [0, 0.1) is 12.7 Å². The minimum absolute atomic E-state index is 0.109. The minimum Gasteiger partial charge on any atom is -0.280 e. The third-order valence-corrected chi connectivity index (χ3v) is 6.57. The highest BCUT2D eigenvalue weighted by Gasteiger charge is 2.21. The molecule has 2 aromatic rings.